The van der Waals surface area contributed by atoms with Crippen LogP contribution in [-0.4, -0.2) is 60.3 Å². The van der Waals surface area contributed by atoms with Crippen molar-refractivity contribution in [2.24, 2.45) is 7.05 Å². The maximum absolute atomic E-state index is 13.8. The quantitative estimate of drug-likeness (QED) is 0.277. The molecule has 4 aromatic heterocycles. The minimum absolute atomic E-state index is 0.139. The number of hydrogen-bond donors (Lipinski definition) is 1. The Morgan fingerprint density at radius 3 is 2.62 bits per heavy atom. The highest BCUT2D eigenvalue weighted by molar-refractivity contribution is 6.36. The van der Waals surface area contributed by atoms with Crippen LogP contribution in [-0.2, 0) is 13.2 Å². The Bertz CT molecular complexity index is 1700. The molecule has 1 fully saturated rings. The molecular formula is C26H24ClF3N8O2. The highest BCUT2D eigenvalue weighted by atomic mass is 35.5. The van der Waals surface area contributed by atoms with Gasteiger partial charge in [-0.15, -0.1) is 0 Å². The molecule has 5 heterocycles. The van der Waals surface area contributed by atoms with Crippen molar-refractivity contribution in [1.82, 2.24) is 34.0 Å². The molecule has 0 aliphatic carbocycles. The van der Waals surface area contributed by atoms with Crippen LogP contribution in [0.15, 0.2) is 49.2 Å². The van der Waals surface area contributed by atoms with E-state index in [4.69, 9.17) is 21.1 Å². The van der Waals surface area contributed by atoms with Crippen molar-refractivity contribution in [2.45, 2.75) is 25.1 Å². The summed E-state index contributed by atoms with van der Waals surface area (Å²) in [6.45, 7) is 1.64. The van der Waals surface area contributed by atoms with Gasteiger partial charge >= 0.3 is 6.18 Å². The predicted octanol–water partition coefficient (Wildman–Crippen LogP) is 5.69. The zero-order valence-corrected chi connectivity index (χ0v) is 22.2. The molecule has 0 radical (unpaired) electrons. The average molecular weight is 573 g/mol. The van der Waals surface area contributed by atoms with Crippen molar-refractivity contribution in [3.05, 3.63) is 59.8 Å². The third-order valence-electron chi connectivity index (χ3n) is 6.77. The molecule has 0 amide bonds. The van der Waals surface area contributed by atoms with Crippen LogP contribution >= 0.6 is 11.6 Å². The van der Waals surface area contributed by atoms with Gasteiger partial charge in [0.25, 0.3) is 0 Å². The van der Waals surface area contributed by atoms with Crippen molar-refractivity contribution in [1.29, 1.82) is 0 Å². The number of halogens is 4. The van der Waals surface area contributed by atoms with E-state index in [0.717, 1.165) is 38.1 Å². The Hall–Kier alpha value is -4.10. The predicted molar refractivity (Wildman–Crippen MR) is 142 cm³/mol. The lowest BCUT2D eigenvalue weighted by molar-refractivity contribution is -0.137. The zero-order chi connectivity index (χ0) is 28.0. The number of nitrogens with one attached hydrogen (secondary N) is 1. The molecule has 1 N–H and O–H groups in total. The Balaban J connectivity index is 1.30. The van der Waals surface area contributed by atoms with Crippen molar-refractivity contribution in [3.8, 4) is 17.2 Å². The van der Waals surface area contributed by atoms with Crippen LogP contribution in [0.4, 0.5) is 24.8 Å². The minimum atomic E-state index is -4.56. The van der Waals surface area contributed by atoms with E-state index in [-0.39, 0.29) is 34.3 Å². The third-order valence-corrected chi connectivity index (χ3v) is 7.14. The number of aryl methyl sites for hydroxylation is 1. The van der Waals surface area contributed by atoms with Crippen molar-refractivity contribution >= 4 is 39.9 Å². The van der Waals surface area contributed by atoms with Gasteiger partial charge in [-0.05, 0) is 32.0 Å². The van der Waals surface area contributed by atoms with Crippen molar-refractivity contribution < 1.29 is 22.6 Å². The average Bonchev–Trinajstić information content (AvgIpc) is 3.47. The molecule has 1 saturated heterocycles. The van der Waals surface area contributed by atoms with Crippen LogP contribution in [0.3, 0.4) is 0 Å². The number of likely N-dealkylation sites (tertiary alicyclic amines) is 1. The van der Waals surface area contributed by atoms with Crippen LogP contribution in [0.2, 0.25) is 5.02 Å². The molecule has 1 aliphatic heterocycles. The maximum Gasteiger partial charge on any atom is 0.416 e. The summed E-state index contributed by atoms with van der Waals surface area (Å²) in [6.07, 6.45) is 4.61. The van der Waals surface area contributed by atoms with E-state index in [9.17, 15) is 13.2 Å². The first-order chi connectivity index (χ1) is 19.2. The van der Waals surface area contributed by atoms with E-state index in [1.807, 2.05) is 7.05 Å². The first-order valence-electron chi connectivity index (χ1n) is 12.5. The molecule has 1 aromatic carbocycles. The Morgan fingerprint density at radius 2 is 1.85 bits per heavy atom. The first-order valence-corrected chi connectivity index (χ1v) is 12.8. The number of fused-ring (bicyclic) bond motifs is 2. The van der Waals surface area contributed by atoms with Crippen LogP contribution in [0, 0.1) is 0 Å². The number of anilines is 2. The summed E-state index contributed by atoms with van der Waals surface area (Å²) in [6, 6.07) is 3.58. The lowest BCUT2D eigenvalue weighted by atomic mass is 10.1. The number of imidazole rings is 1. The molecule has 5 aromatic rings. The Labute approximate surface area is 231 Å². The summed E-state index contributed by atoms with van der Waals surface area (Å²) in [5, 5.41) is 7.42. The van der Waals surface area contributed by atoms with Gasteiger partial charge in [-0.1, -0.05) is 11.6 Å². The lowest BCUT2D eigenvalue weighted by Crippen LogP contribution is -2.35. The van der Waals surface area contributed by atoms with Gasteiger partial charge in [0.15, 0.2) is 17.1 Å². The van der Waals surface area contributed by atoms with E-state index < -0.39 is 11.7 Å². The standard InChI is InChI=1S/C26H24ClF3N8O2/c1-36-6-3-17(4-7-36)39-18-10-15(26(28,29)30)9-16(11-18)34-25-35-24-23(37(25)2)22(27)21(13-32-24)40-20-14-33-38-8-5-31-12-19(20)38/h5,8-14,17H,3-4,6-7H2,1-2H3,(H,32,34,35). The molecule has 208 valence electrons. The van der Waals surface area contributed by atoms with Gasteiger partial charge < -0.3 is 24.3 Å². The molecule has 0 spiro atoms. The summed E-state index contributed by atoms with van der Waals surface area (Å²) < 4.78 is 56.4. The number of aromatic nitrogens is 6. The first kappa shape index (κ1) is 26.1. The normalized spacial score (nSPS) is 15.2. The summed E-state index contributed by atoms with van der Waals surface area (Å²) >= 11 is 6.69. The van der Waals surface area contributed by atoms with Crippen LogP contribution in [0.1, 0.15) is 18.4 Å². The number of benzene rings is 1. The van der Waals surface area contributed by atoms with Crippen molar-refractivity contribution in [3.63, 3.8) is 0 Å². The molecule has 0 bridgehead atoms. The van der Waals surface area contributed by atoms with E-state index in [1.54, 1.807) is 34.7 Å². The molecule has 40 heavy (non-hydrogen) atoms. The molecular weight excluding hydrogens is 549 g/mol. The van der Waals surface area contributed by atoms with Gasteiger partial charge in [0.2, 0.25) is 5.95 Å². The second-order valence-corrected chi connectivity index (χ2v) is 9.99. The van der Waals surface area contributed by atoms with Gasteiger partial charge in [-0.25, -0.2) is 9.50 Å². The third kappa shape index (κ3) is 5.09. The summed E-state index contributed by atoms with van der Waals surface area (Å²) in [5.74, 6) is 1.07. The summed E-state index contributed by atoms with van der Waals surface area (Å²) in [7, 11) is 3.69. The topological polar surface area (TPSA) is 94.6 Å². The number of pyridine rings is 1. The smallest absolute Gasteiger partial charge is 0.416 e. The van der Waals surface area contributed by atoms with Crippen molar-refractivity contribution in [2.75, 3.05) is 25.5 Å². The molecule has 0 atom stereocenters. The van der Waals surface area contributed by atoms with Gasteiger partial charge in [0.05, 0.1) is 24.2 Å². The minimum Gasteiger partial charge on any atom is -0.490 e. The molecule has 6 rings (SSSR count). The van der Waals surface area contributed by atoms with Gasteiger partial charge in [0, 0.05) is 44.3 Å². The second-order valence-electron chi connectivity index (χ2n) is 9.61. The number of piperidine rings is 1. The fraction of sp³-hybridized carbons (Fsp3) is 0.308. The SMILES string of the molecule is CN1CCC(Oc2cc(Nc3nc4ncc(Oc5cnn6ccncc56)c(Cl)c4n3C)cc(C(F)(F)F)c2)CC1. The molecule has 10 nitrogen and oxygen atoms in total. The number of rotatable bonds is 6. The Kier molecular flexibility index (Phi) is 6.62. The monoisotopic (exact) mass is 572 g/mol. The summed E-state index contributed by atoms with van der Waals surface area (Å²) in [4.78, 5) is 15.0. The molecule has 0 saturated carbocycles. The summed E-state index contributed by atoms with van der Waals surface area (Å²) in [5.41, 5.74) is 0.704. The number of nitrogens with zero attached hydrogens (tertiary/aromatic N) is 7. The number of hydrogen-bond acceptors (Lipinski definition) is 8. The fourth-order valence-electron chi connectivity index (χ4n) is 4.63. The van der Waals surface area contributed by atoms with Crippen LogP contribution < -0.4 is 14.8 Å². The lowest BCUT2D eigenvalue weighted by Gasteiger charge is -2.29. The van der Waals surface area contributed by atoms with Gasteiger partial charge in [0.1, 0.15) is 27.9 Å². The van der Waals surface area contributed by atoms with Gasteiger partial charge in [-0.2, -0.15) is 23.3 Å². The zero-order valence-electron chi connectivity index (χ0n) is 21.5. The maximum atomic E-state index is 13.8. The highest BCUT2D eigenvalue weighted by Crippen LogP contribution is 2.38. The molecule has 14 heteroatoms. The van der Waals surface area contributed by atoms with E-state index in [0.29, 0.717) is 22.4 Å². The Morgan fingerprint density at radius 1 is 1.05 bits per heavy atom. The van der Waals surface area contributed by atoms with E-state index in [2.05, 4.69) is 30.3 Å². The largest absolute Gasteiger partial charge is 0.490 e. The molecule has 1 aliphatic rings. The van der Waals surface area contributed by atoms with E-state index >= 15 is 0 Å². The van der Waals surface area contributed by atoms with Crippen LogP contribution in [0.25, 0.3) is 16.7 Å². The van der Waals surface area contributed by atoms with Crippen LogP contribution in [0.5, 0.6) is 17.2 Å². The highest BCUT2D eigenvalue weighted by Gasteiger charge is 2.32. The van der Waals surface area contributed by atoms with Gasteiger partial charge in [-0.3, -0.25) is 4.98 Å². The number of alkyl halides is 3. The van der Waals surface area contributed by atoms with E-state index in [1.165, 1.54) is 18.5 Å². The number of ether oxygens (including phenoxy) is 2. The second kappa shape index (κ2) is 10.1. The molecule has 0 unspecified atom stereocenters. The fourth-order valence-corrected chi connectivity index (χ4v) is 4.93.